The van der Waals surface area contributed by atoms with Gasteiger partial charge in [-0.3, -0.25) is 4.79 Å². The van der Waals surface area contributed by atoms with Crippen LogP contribution < -0.4 is 0 Å². The van der Waals surface area contributed by atoms with E-state index in [1.807, 2.05) is 31.2 Å². The molecule has 5 nitrogen and oxygen atoms in total. The lowest BCUT2D eigenvalue weighted by molar-refractivity contribution is -0.116. The van der Waals surface area contributed by atoms with E-state index in [4.69, 9.17) is 4.74 Å². The van der Waals surface area contributed by atoms with Gasteiger partial charge < -0.3 is 4.74 Å². The van der Waals surface area contributed by atoms with Gasteiger partial charge in [-0.05, 0) is 12.5 Å². The van der Waals surface area contributed by atoms with Crippen molar-refractivity contribution in [2.24, 2.45) is 10.2 Å². The maximum Gasteiger partial charge on any atom is 0.452 e. The van der Waals surface area contributed by atoms with Gasteiger partial charge in [0.05, 0.1) is 0 Å². The molecule has 0 atom stereocenters. The first kappa shape index (κ1) is 12.0. The Hall–Kier alpha value is -2.04. The van der Waals surface area contributed by atoms with Gasteiger partial charge in [-0.25, -0.2) is 4.79 Å². The summed E-state index contributed by atoms with van der Waals surface area (Å²) in [5.74, 6) is -0.535. The number of nitrogens with zero attached hydrogens (tertiary/aromatic N) is 2. The fraction of sp³-hybridized carbons (Fsp3) is 0.273. The molecule has 0 fully saturated rings. The number of amides is 2. The third-order valence-corrected chi connectivity index (χ3v) is 1.76. The third-order valence-electron chi connectivity index (χ3n) is 1.76. The molecule has 0 aliphatic carbocycles. The molecule has 84 valence electrons. The van der Waals surface area contributed by atoms with Crippen LogP contribution in [0.2, 0.25) is 0 Å². The van der Waals surface area contributed by atoms with Crippen molar-refractivity contribution < 1.29 is 14.3 Å². The van der Waals surface area contributed by atoms with Crippen molar-refractivity contribution in [3.63, 3.8) is 0 Å². The second-order valence-corrected chi connectivity index (χ2v) is 3.26. The number of hydrogen-bond acceptors (Lipinski definition) is 3. The minimum Gasteiger partial charge on any atom is -0.442 e. The standard InChI is InChI=1S/C11H12N2O3/c1-8-3-5-10(6-4-8)7-16-11(15)13-12-9(2)14/h3-6H,7H2,1-2H3. The van der Waals surface area contributed by atoms with Crippen LogP contribution in [0.5, 0.6) is 0 Å². The topological polar surface area (TPSA) is 68.1 Å². The number of carbonyl (C=O) groups excluding carboxylic acids is 2. The highest BCUT2D eigenvalue weighted by Crippen LogP contribution is 2.05. The normalized spacial score (nSPS) is 10.4. The number of azo groups is 1. The summed E-state index contributed by atoms with van der Waals surface area (Å²) in [4.78, 5) is 21.3. The molecule has 0 heterocycles. The SMILES string of the molecule is CC(=O)N=NC(=O)OCc1ccc(C)cc1. The molecule has 5 heteroatoms. The molecule has 0 saturated heterocycles. The molecule has 0 aliphatic rings. The zero-order valence-corrected chi connectivity index (χ0v) is 9.14. The lowest BCUT2D eigenvalue weighted by Crippen LogP contribution is -1.99. The van der Waals surface area contributed by atoms with Gasteiger partial charge in [0.2, 0.25) is 0 Å². The number of carbonyl (C=O) groups is 2. The number of ether oxygens (including phenoxy) is 1. The molecule has 1 aromatic carbocycles. The molecule has 1 rings (SSSR count). The summed E-state index contributed by atoms with van der Waals surface area (Å²) in [6, 6.07) is 7.54. The predicted molar refractivity (Wildman–Crippen MR) is 56.9 cm³/mol. The third kappa shape index (κ3) is 4.45. The van der Waals surface area contributed by atoms with E-state index in [1.54, 1.807) is 0 Å². The van der Waals surface area contributed by atoms with E-state index >= 15 is 0 Å². The molecule has 16 heavy (non-hydrogen) atoms. The van der Waals surface area contributed by atoms with E-state index in [9.17, 15) is 9.59 Å². The summed E-state index contributed by atoms with van der Waals surface area (Å²) in [5, 5.41) is 6.13. The molecule has 0 aromatic heterocycles. The Morgan fingerprint density at radius 2 is 1.81 bits per heavy atom. The molecule has 0 radical (unpaired) electrons. The Bertz CT molecular complexity index is 410. The van der Waals surface area contributed by atoms with Crippen molar-refractivity contribution in [1.29, 1.82) is 0 Å². The Morgan fingerprint density at radius 3 is 2.38 bits per heavy atom. The fourth-order valence-corrected chi connectivity index (χ4v) is 0.969. The number of hydrogen-bond donors (Lipinski definition) is 0. The highest BCUT2D eigenvalue weighted by Gasteiger charge is 2.01. The zero-order chi connectivity index (χ0) is 12.0. The molecule has 0 aliphatic heterocycles. The van der Waals surface area contributed by atoms with Crippen LogP contribution in [0.1, 0.15) is 18.1 Å². The zero-order valence-electron chi connectivity index (χ0n) is 9.14. The molecular formula is C11H12N2O3. The highest BCUT2D eigenvalue weighted by atomic mass is 16.5. The smallest absolute Gasteiger partial charge is 0.442 e. The Kier molecular flexibility index (Phi) is 4.32. The second-order valence-electron chi connectivity index (χ2n) is 3.26. The molecule has 0 saturated carbocycles. The highest BCUT2D eigenvalue weighted by molar-refractivity contribution is 5.76. The van der Waals surface area contributed by atoms with Gasteiger partial charge in [-0.15, -0.1) is 5.11 Å². The van der Waals surface area contributed by atoms with Crippen LogP contribution in [-0.2, 0) is 16.1 Å². The predicted octanol–water partition coefficient (Wildman–Crippen LogP) is 2.63. The van der Waals surface area contributed by atoms with Crippen LogP contribution in [0, 0.1) is 6.92 Å². The summed E-state index contributed by atoms with van der Waals surface area (Å²) in [6.07, 6.45) is -0.865. The van der Waals surface area contributed by atoms with Gasteiger partial charge in [0, 0.05) is 6.92 Å². The molecule has 1 aromatic rings. The van der Waals surface area contributed by atoms with Crippen LogP contribution in [0.15, 0.2) is 34.5 Å². The van der Waals surface area contributed by atoms with Gasteiger partial charge in [0.25, 0.3) is 5.91 Å². The Morgan fingerprint density at radius 1 is 1.19 bits per heavy atom. The number of rotatable bonds is 2. The quantitative estimate of drug-likeness (QED) is 0.719. The largest absolute Gasteiger partial charge is 0.452 e. The monoisotopic (exact) mass is 220 g/mol. The van der Waals surface area contributed by atoms with E-state index in [2.05, 4.69) is 10.2 Å². The first-order valence-electron chi connectivity index (χ1n) is 4.72. The molecule has 0 bridgehead atoms. The number of aryl methyl sites for hydroxylation is 1. The minimum absolute atomic E-state index is 0.121. The second kappa shape index (κ2) is 5.75. The average molecular weight is 220 g/mol. The van der Waals surface area contributed by atoms with Crippen LogP contribution in [0.3, 0.4) is 0 Å². The summed E-state index contributed by atoms with van der Waals surface area (Å²) in [7, 11) is 0. The van der Waals surface area contributed by atoms with Gasteiger partial charge in [-0.2, -0.15) is 0 Å². The van der Waals surface area contributed by atoms with E-state index in [0.717, 1.165) is 11.1 Å². The molecular weight excluding hydrogens is 208 g/mol. The van der Waals surface area contributed by atoms with Gasteiger partial charge >= 0.3 is 6.09 Å². The lowest BCUT2D eigenvalue weighted by Gasteiger charge is -2.01. The maximum absolute atomic E-state index is 11.0. The molecule has 0 N–H and O–H groups in total. The maximum atomic E-state index is 11.0. The van der Waals surface area contributed by atoms with Crippen LogP contribution in [0.4, 0.5) is 4.79 Å². The summed E-state index contributed by atoms with van der Waals surface area (Å²) < 4.78 is 4.77. The molecule has 0 unspecified atom stereocenters. The summed E-state index contributed by atoms with van der Waals surface area (Å²) >= 11 is 0. The fourth-order valence-electron chi connectivity index (χ4n) is 0.969. The van der Waals surface area contributed by atoms with Gasteiger partial charge in [-0.1, -0.05) is 34.9 Å². The molecule has 2 amide bonds. The summed E-state index contributed by atoms with van der Waals surface area (Å²) in [5.41, 5.74) is 1.99. The first-order chi connectivity index (χ1) is 7.58. The van der Waals surface area contributed by atoms with Crippen LogP contribution in [0.25, 0.3) is 0 Å². The Labute approximate surface area is 93.1 Å². The lowest BCUT2D eigenvalue weighted by atomic mass is 10.2. The van der Waals surface area contributed by atoms with Crippen molar-refractivity contribution in [1.82, 2.24) is 0 Å². The van der Waals surface area contributed by atoms with E-state index in [1.165, 1.54) is 6.92 Å². The van der Waals surface area contributed by atoms with Gasteiger partial charge in [0.1, 0.15) is 6.61 Å². The van der Waals surface area contributed by atoms with E-state index in [-0.39, 0.29) is 6.61 Å². The summed E-state index contributed by atoms with van der Waals surface area (Å²) in [6.45, 7) is 3.30. The average Bonchev–Trinajstić information content (AvgIpc) is 2.25. The van der Waals surface area contributed by atoms with Crippen molar-refractivity contribution in [2.45, 2.75) is 20.5 Å². The van der Waals surface area contributed by atoms with Gasteiger partial charge in [0.15, 0.2) is 0 Å². The molecule has 0 spiro atoms. The van der Waals surface area contributed by atoms with Crippen molar-refractivity contribution in [3.05, 3.63) is 35.4 Å². The van der Waals surface area contributed by atoms with E-state index < -0.39 is 12.0 Å². The van der Waals surface area contributed by atoms with E-state index in [0.29, 0.717) is 0 Å². The Balaban J connectivity index is 2.43. The van der Waals surface area contributed by atoms with Crippen molar-refractivity contribution >= 4 is 12.0 Å². The van der Waals surface area contributed by atoms with Crippen LogP contribution >= 0.6 is 0 Å². The van der Waals surface area contributed by atoms with Crippen LogP contribution in [-0.4, -0.2) is 12.0 Å². The first-order valence-corrected chi connectivity index (χ1v) is 4.72. The van der Waals surface area contributed by atoms with Crippen molar-refractivity contribution in [2.75, 3.05) is 0 Å². The minimum atomic E-state index is -0.865. The number of benzene rings is 1. The van der Waals surface area contributed by atoms with Crippen molar-refractivity contribution in [3.8, 4) is 0 Å².